The molecule has 2 aromatic heterocycles. The van der Waals surface area contributed by atoms with E-state index in [1.165, 1.54) is 24.2 Å². The molecule has 3 N–H and O–H groups in total. The third-order valence-corrected chi connectivity index (χ3v) is 4.31. The third kappa shape index (κ3) is 2.74. The number of anilines is 2. The van der Waals surface area contributed by atoms with Gasteiger partial charge < -0.3 is 10.3 Å². The molecule has 2 heterocycles. The zero-order valence-corrected chi connectivity index (χ0v) is 11.7. The summed E-state index contributed by atoms with van der Waals surface area (Å²) >= 11 is 7.01. The van der Waals surface area contributed by atoms with Gasteiger partial charge in [-0.2, -0.15) is 0 Å². The molecule has 0 unspecified atom stereocenters. The van der Waals surface area contributed by atoms with E-state index in [1.54, 1.807) is 12.3 Å². The third-order valence-electron chi connectivity index (χ3n) is 3.03. The predicted octanol–water partition coefficient (Wildman–Crippen LogP) is 2.84. The van der Waals surface area contributed by atoms with Crippen molar-refractivity contribution < 1.29 is 4.79 Å². The van der Waals surface area contributed by atoms with Gasteiger partial charge in [0.1, 0.15) is 4.88 Å². The van der Waals surface area contributed by atoms with Crippen LogP contribution < -0.4 is 11.1 Å². The van der Waals surface area contributed by atoms with Crippen LogP contribution in [0.15, 0.2) is 18.5 Å². The topological polar surface area (TPSA) is 72.9 Å². The van der Waals surface area contributed by atoms with Crippen LogP contribution in [-0.4, -0.2) is 15.5 Å². The number of carbonyl (C=O) groups is 1. The van der Waals surface area contributed by atoms with Crippen molar-refractivity contribution in [3.05, 3.63) is 27.7 Å². The number of thiophene rings is 1. The Bertz CT molecular complexity index is 617. The highest BCUT2D eigenvalue weighted by Gasteiger charge is 2.23. The minimum atomic E-state index is -0.266. The largest absolute Gasteiger partial charge is 0.397 e. The van der Waals surface area contributed by atoms with Crippen LogP contribution in [0.3, 0.4) is 0 Å². The number of carbonyl (C=O) groups excluding carboxylic acids is 1. The number of hydrogen-bond acceptors (Lipinski definition) is 4. The molecule has 0 spiro atoms. The molecule has 0 aliphatic heterocycles. The number of nitrogens with two attached hydrogens (primary N) is 1. The van der Waals surface area contributed by atoms with Gasteiger partial charge in [-0.1, -0.05) is 11.6 Å². The number of nitrogens with one attached hydrogen (secondary N) is 1. The molecular weight excluding hydrogens is 284 g/mol. The molecular formula is C12H13ClN4OS. The SMILES string of the molecule is Nc1cc(Cl)sc1C(=O)Nc1nccn1CC1CC1. The lowest BCUT2D eigenvalue weighted by Gasteiger charge is -2.07. The van der Waals surface area contributed by atoms with E-state index in [0.717, 1.165) is 6.54 Å². The van der Waals surface area contributed by atoms with E-state index in [1.807, 2.05) is 10.8 Å². The van der Waals surface area contributed by atoms with Crippen LogP contribution >= 0.6 is 22.9 Å². The van der Waals surface area contributed by atoms with Crippen molar-refractivity contribution in [2.24, 2.45) is 5.92 Å². The van der Waals surface area contributed by atoms with Crippen LogP contribution in [0.1, 0.15) is 22.5 Å². The van der Waals surface area contributed by atoms with Gasteiger partial charge in [0.25, 0.3) is 5.91 Å². The summed E-state index contributed by atoms with van der Waals surface area (Å²) in [5.74, 6) is 1.00. The lowest BCUT2D eigenvalue weighted by molar-refractivity contribution is 0.103. The highest BCUT2D eigenvalue weighted by molar-refractivity contribution is 7.18. The first-order valence-electron chi connectivity index (χ1n) is 6.01. The minimum Gasteiger partial charge on any atom is -0.397 e. The Hall–Kier alpha value is -1.53. The van der Waals surface area contributed by atoms with Crippen molar-refractivity contribution in [2.75, 3.05) is 11.1 Å². The number of imidazole rings is 1. The second kappa shape index (κ2) is 4.86. The second-order valence-electron chi connectivity index (χ2n) is 4.64. The van der Waals surface area contributed by atoms with Gasteiger partial charge >= 0.3 is 0 Å². The van der Waals surface area contributed by atoms with Crippen LogP contribution in [-0.2, 0) is 6.54 Å². The standard InChI is InChI=1S/C12H13ClN4OS/c13-9-5-8(14)10(19-9)11(18)16-12-15-3-4-17(12)6-7-1-2-7/h3-5,7H,1-2,6,14H2,(H,15,16,18). The summed E-state index contributed by atoms with van der Waals surface area (Å²) in [5.41, 5.74) is 6.13. The Labute approximate surface area is 119 Å². The first kappa shape index (κ1) is 12.5. The van der Waals surface area contributed by atoms with Crippen LogP contribution in [0.4, 0.5) is 11.6 Å². The Kier molecular flexibility index (Phi) is 3.20. The molecule has 0 saturated heterocycles. The fourth-order valence-electron chi connectivity index (χ4n) is 1.87. The average molecular weight is 297 g/mol. The normalized spacial score (nSPS) is 14.6. The molecule has 1 amide bonds. The molecule has 2 aromatic rings. The van der Waals surface area contributed by atoms with E-state index in [4.69, 9.17) is 17.3 Å². The smallest absolute Gasteiger partial charge is 0.270 e. The van der Waals surface area contributed by atoms with Crippen LogP contribution in [0.25, 0.3) is 0 Å². The molecule has 0 aromatic carbocycles. The van der Waals surface area contributed by atoms with Crippen molar-refractivity contribution in [3.63, 3.8) is 0 Å². The summed E-state index contributed by atoms with van der Waals surface area (Å²) < 4.78 is 2.46. The van der Waals surface area contributed by atoms with Crippen molar-refractivity contribution in [1.82, 2.24) is 9.55 Å². The highest BCUT2D eigenvalue weighted by atomic mass is 35.5. The van der Waals surface area contributed by atoms with Gasteiger partial charge in [-0.3, -0.25) is 10.1 Å². The monoisotopic (exact) mass is 296 g/mol. The first-order chi connectivity index (χ1) is 9.13. The summed E-state index contributed by atoms with van der Waals surface area (Å²) in [6.07, 6.45) is 6.06. The van der Waals surface area contributed by atoms with Gasteiger partial charge in [0, 0.05) is 18.9 Å². The van der Waals surface area contributed by atoms with Crippen molar-refractivity contribution in [1.29, 1.82) is 0 Å². The number of amides is 1. The van der Waals surface area contributed by atoms with Crippen molar-refractivity contribution in [3.8, 4) is 0 Å². The maximum atomic E-state index is 12.1. The van der Waals surface area contributed by atoms with Crippen molar-refractivity contribution >= 4 is 40.5 Å². The molecule has 7 heteroatoms. The quantitative estimate of drug-likeness (QED) is 0.911. The molecule has 1 fully saturated rings. The van der Waals surface area contributed by atoms with E-state index < -0.39 is 0 Å². The zero-order chi connectivity index (χ0) is 13.4. The summed E-state index contributed by atoms with van der Waals surface area (Å²) in [5, 5.41) is 2.78. The van der Waals surface area contributed by atoms with Gasteiger partial charge in [0.05, 0.1) is 10.0 Å². The predicted molar refractivity (Wildman–Crippen MR) is 76.6 cm³/mol. The molecule has 1 aliphatic carbocycles. The van der Waals surface area contributed by atoms with Gasteiger partial charge in [0.15, 0.2) is 0 Å². The maximum absolute atomic E-state index is 12.1. The van der Waals surface area contributed by atoms with Gasteiger partial charge in [-0.05, 0) is 24.8 Å². The molecule has 5 nitrogen and oxygen atoms in total. The van der Waals surface area contributed by atoms with Crippen LogP contribution in [0, 0.1) is 5.92 Å². The fraction of sp³-hybridized carbons (Fsp3) is 0.333. The molecule has 1 saturated carbocycles. The summed E-state index contributed by atoms with van der Waals surface area (Å²) in [6.45, 7) is 0.899. The van der Waals surface area contributed by atoms with Crippen LogP contribution in [0.2, 0.25) is 4.34 Å². The molecule has 0 atom stereocenters. The average Bonchev–Trinajstić information content (AvgIpc) is 2.96. The lowest BCUT2D eigenvalue weighted by Crippen LogP contribution is -2.16. The Morgan fingerprint density at radius 3 is 3.05 bits per heavy atom. The van der Waals surface area contributed by atoms with Gasteiger partial charge in [0.2, 0.25) is 5.95 Å². The maximum Gasteiger partial charge on any atom is 0.270 e. The number of halogens is 1. The molecule has 1 aliphatic rings. The lowest BCUT2D eigenvalue weighted by atomic mass is 10.4. The minimum absolute atomic E-state index is 0.266. The number of nitrogens with zero attached hydrogens (tertiary/aromatic N) is 2. The second-order valence-corrected chi connectivity index (χ2v) is 6.32. The Morgan fingerprint density at radius 2 is 2.42 bits per heavy atom. The number of rotatable bonds is 4. The summed E-state index contributed by atoms with van der Waals surface area (Å²) in [7, 11) is 0. The summed E-state index contributed by atoms with van der Waals surface area (Å²) in [4.78, 5) is 16.7. The Balaban J connectivity index is 1.75. The van der Waals surface area contributed by atoms with E-state index in [-0.39, 0.29) is 5.91 Å². The Morgan fingerprint density at radius 1 is 1.63 bits per heavy atom. The molecule has 100 valence electrons. The number of aromatic nitrogens is 2. The first-order valence-corrected chi connectivity index (χ1v) is 7.20. The molecule has 19 heavy (non-hydrogen) atoms. The molecule has 0 radical (unpaired) electrons. The van der Waals surface area contributed by atoms with E-state index >= 15 is 0 Å². The zero-order valence-electron chi connectivity index (χ0n) is 10.1. The van der Waals surface area contributed by atoms with Crippen LogP contribution in [0.5, 0.6) is 0 Å². The van der Waals surface area contributed by atoms with E-state index in [9.17, 15) is 4.79 Å². The number of nitrogen functional groups attached to an aromatic ring is 1. The van der Waals surface area contributed by atoms with Gasteiger partial charge in [-0.25, -0.2) is 4.98 Å². The summed E-state index contributed by atoms with van der Waals surface area (Å²) in [6, 6.07) is 1.58. The number of hydrogen-bond donors (Lipinski definition) is 2. The van der Waals surface area contributed by atoms with E-state index in [2.05, 4.69) is 10.3 Å². The van der Waals surface area contributed by atoms with Gasteiger partial charge in [-0.15, -0.1) is 11.3 Å². The fourth-order valence-corrected chi connectivity index (χ4v) is 2.92. The van der Waals surface area contributed by atoms with E-state index in [0.29, 0.717) is 26.8 Å². The molecule has 0 bridgehead atoms. The highest BCUT2D eigenvalue weighted by Crippen LogP contribution is 2.32. The molecule has 3 rings (SSSR count). The van der Waals surface area contributed by atoms with Crippen molar-refractivity contribution in [2.45, 2.75) is 19.4 Å².